The van der Waals surface area contributed by atoms with Gasteiger partial charge in [-0.15, -0.1) is 0 Å². The van der Waals surface area contributed by atoms with E-state index in [2.05, 4.69) is 9.47 Å². The number of carbonyl (C=O) groups excluding carboxylic acids is 3. The summed E-state index contributed by atoms with van der Waals surface area (Å²) in [4.78, 5) is 30.6. The van der Waals surface area contributed by atoms with E-state index in [4.69, 9.17) is 0 Å². The Morgan fingerprint density at radius 1 is 1.38 bits per heavy atom. The fourth-order valence-corrected chi connectivity index (χ4v) is 0.380. The Labute approximate surface area is 71.6 Å². The number of ether oxygens (including phenoxy) is 2. The molecule has 0 aliphatic carbocycles. The van der Waals surface area contributed by atoms with Crippen LogP contribution in [0.2, 0.25) is 0 Å². The average Bonchev–Trinajstić information content (AvgIpc) is 2.02. The molecule has 5 nitrogen and oxygen atoms in total. The monoisotopic (exact) mass is 196 g/mol. The number of carbonyl (C=O) groups is 3. The molecule has 13 heavy (non-hydrogen) atoms. The van der Waals surface area contributed by atoms with E-state index in [9.17, 15) is 23.2 Å². The van der Waals surface area contributed by atoms with Crippen molar-refractivity contribution in [2.24, 2.45) is 0 Å². The second-order valence-corrected chi connectivity index (χ2v) is 1.85. The lowest BCUT2D eigenvalue weighted by atomic mass is 10.6. The summed E-state index contributed by atoms with van der Waals surface area (Å²) in [6.45, 7) is -0.699. The van der Waals surface area contributed by atoms with E-state index >= 15 is 0 Å². The van der Waals surface area contributed by atoms with Crippen LogP contribution in [-0.4, -0.2) is 30.9 Å². The molecular formula is C6H6F2O5. The zero-order valence-corrected chi connectivity index (χ0v) is 6.58. The smallest absolute Gasteiger partial charge is 0.389 e. The van der Waals surface area contributed by atoms with Crippen molar-refractivity contribution in [3.05, 3.63) is 0 Å². The van der Waals surface area contributed by atoms with Crippen LogP contribution in [0.4, 0.5) is 8.78 Å². The van der Waals surface area contributed by atoms with Crippen LogP contribution in [0.3, 0.4) is 0 Å². The summed E-state index contributed by atoms with van der Waals surface area (Å²) in [5, 5.41) is 0. The minimum absolute atomic E-state index is 0.858. The molecule has 0 saturated carbocycles. The molecule has 0 N–H and O–H groups in total. The standard InChI is InChI=1S/C6H6F2O5/c1-3(9)12-5(8)6(11)13-4(10)2-7/h5H,2H2,1H3. The molecule has 1 unspecified atom stereocenters. The molecular weight excluding hydrogens is 190 g/mol. The van der Waals surface area contributed by atoms with Crippen molar-refractivity contribution in [3.8, 4) is 0 Å². The molecule has 0 saturated heterocycles. The summed E-state index contributed by atoms with van der Waals surface area (Å²) >= 11 is 0. The van der Waals surface area contributed by atoms with Crippen molar-refractivity contribution >= 4 is 17.9 Å². The van der Waals surface area contributed by atoms with Crippen molar-refractivity contribution in [1.82, 2.24) is 0 Å². The van der Waals surface area contributed by atoms with Crippen molar-refractivity contribution in [3.63, 3.8) is 0 Å². The highest BCUT2D eigenvalue weighted by molar-refractivity contribution is 5.88. The Balaban J connectivity index is 3.96. The van der Waals surface area contributed by atoms with Crippen LogP contribution in [0.1, 0.15) is 6.92 Å². The fraction of sp³-hybridized carbons (Fsp3) is 0.500. The molecule has 74 valence electrons. The first-order chi connectivity index (χ1) is 5.97. The van der Waals surface area contributed by atoms with E-state index in [0.29, 0.717) is 0 Å². The first kappa shape index (κ1) is 11.5. The lowest BCUT2D eigenvalue weighted by Crippen LogP contribution is -2.26. The van der Waals surface area contributed by atoms with E-state index in [1.165, 1.54) is 0 Å². The maximum absolute atomic E-state index is 12.4. The summed E-state index contributed by atoms with van der Waals surface area (Å²) in [5.41, 5.74) is 0. The quantitative estimate of drug-likeness (QED) is 0.465. The van der Waals surface area contributed by atoms with E-state index < -0.39 is 30.9 Å². The number of rotatable bonds is 3. The molecule has 0 spiro atoms. The molecule has 0 rings (SSSR count). The highest BCUT2D eigenvalue weighted by Crippen LogP contribution is 1.98. The number of halogens is 2. The first-order valence-electron chi connectivity index (χ1n) is 3.09. The summed E-state index contributed by atoms with van der Waals surface area (Å²) in [6.07, 6.45) is -2.70. The molecule has 0 aromatic carbocycles. The molecule has 1 atom stereocenters. The Kier molecular flexibility index (Phi) is 4.57. The Morgan fingerprint density at radius 3 is 2.31 bits per heavy atom. The zero-order chi connectivity index (χ0) is 10.4. The van der Waals surface area contributed by atoms with Gasteiger partial charge in [0.1, 0.15) is 0 Å². The molecule has 0 aromatic heterocycles. The van der Waals surface area contributed by atoms with Gasteiger partial charge in [0.2, 0.25) is 0 Å². The van der Waals surface area contributed by atoms with Gasteiger partial charge in [0.05, 0.1) is 0 Å². The number of hydrogen-bond acceptors (Lipinski definition) is 5. The number of hydrogen-bond donors (Lipinski definition) is 0. The van der Waals surface area contributed by atoms with Crippen LogP contribution in [-0.2, 0) is 23.9 Å². The lowest BCUT2D eigenvalue weighted by molar-refractivity contribution is -0.183. The van der Waals surface area contributed by atoms with Gasteiger partial charge in [-0.25, -0.2) is 14.0 Å². The van der Waals surface area contributed by atoms with Gasteiger partial charge in [0.25, 0.3) is 0 Å². The molecule has 0 fully saturated rings. The SMILES string of the molecule is CC(=O)OC(F)C(=O)OC(=O)CF. The Bertz CT molecular complexity index is 227. The highest BCUT2D eigenvalue weighted by Gasteiger charge is 2.24. The van der Waals surface area contributed by atoms with Crippen molar-refractivity contribution < 1.29 is 32.6 Å². The Morgan fingerprint density at radius 2 is 1.92 bits per heavy atom. The minimum Gasteiger partial charge on any atom is -0.420 e. The second kappa shape index (κ2) is 5.18. The molecule has 0 heterocycles. The topological polar surface area (TPSA) is 69.7 Å². The average molecular weight is 196 g/mol. The zero-order valence-electron chi connectivity index (χ0n) is 6.58. The summed E-state index contributed by atoms with van der Waals surface area (Å²) in [5.74, 6) is -4.35. The third-order valence-electron chi connectivity index (χ3n) is 0.778. The van der Waals surface area contributed by atoms with Gasteiger partial charge in [-0.3, -0.25) is 4.79 Å². The largest absolute Gasteiger partial charge is 0.420 e. The number of alkyl halides is 2. The van der Waals surface area contributed by atoms with Crippen LogP contribution in [0, 0.1) is 0 Å². The third-order valence-corrected chi connectivity index (χ3v) is 0.778. The van der Waals surface area contributed by atoms with Crippen molar-refractivity contribution in [2.45, 2.75) is 13.3 Å². The molecule has 0 bridgehead atoms. The molecule has 0 aromatic rings. The summed E-state index contributed by atoms with van der Waals surface area (Å²) < 4.78 is 31.0. The maximum atomic E-state index is 12.4. The van der Waals surface area contributed by atoms with Crippen LogP contribution in [0.25, 0.3) is 0 Å². The Hall–Kier alpha value is -1.53. The van der Waals surface area contributed by atoms with Gasteiger partial charge in [0, 0.05) is 6.92 Å². The van der Waals surface area contributed by atoms with Crippen LogP contribution in [0.5, 0.6) is 0 Å². The van der Waals surface area contributed by atoms with Crippen molar-refractivity contribution in [2.75, 3.05) is 6.67 Å². The van der Waals surface area contributed by atoms with Crippen LogP contribution >= 0.6 is 0 Å². The van der Waals surface area contributed by atoms with Gasteiger partial charge in [-0.05, 0) is 0 Å². The van der Waals surface area contributed by atoms with Gasteiger partial charge in [-0.2, -0.15) is 4.39 Å². The predicted octanol–water partition coefficient (Wildman–Crippen LogP) is -0.116. The van der Waals surface area contributed by atoms with Crippen molar-refractivity contribution in [1.29, 1.82) is 0 Å². The third kappa shape index (κ3) is 4.83. The molecule has 0 aliphatic heterocycles. The van der Waals surface area contributed by atoms with E-state index in [0.717, 1.165) is 6.92 Å². The molecule has 0 aliphatic rings. The highest BCUT2D eigenvalue weighted by atomic mass is 19.1. The number of esters is 3. The molecule has 7 heteroatoms. The van der Waals surface area contributed by atoms with Gasteiger partial charge in [0.15, 0.2) is 6.67 Å². The second-order valence-electron chi connectivity index (χ2n) is 1.85. The van der Waals surface area contributed by atoms with Crippen LogP contribution in [0.15, 0.2) is 0 Å². The minimum atomic E-state index is -2.70. The predicted molar refractivity (Wildman–Crippen MR) is 33.7 cm³/mol. The first-order valence-corrected chi connectivity index (χ1v) is 3.09. The summed E-state index contributed by atoms with van der Waals surface area (Å²) in [7, 11) is 0. The van der Waals surface area contributed by atoms with E-state index in [-0.39, 0.29) is 0 Å². The summed E-state index contributed by atoms with van der Waals surface area (Å²) in [6, 6.07) is 0. The molecule has 0 amide bonds. The van der Waals surface area contributed by atoms with Gasteiger partial charge < -0.3 is 9.47 Å². The van der Waals surface area contributed by atoms with Crippen LogP contribution < -0.4 is 0 Å². The normalized spacial score (nSPS) is 11.6. The lowest BCUT2D eigenvalue weighted by Gasteiger charge is -2.05. The van der Waals surface area contributed by atoms with E-state index in [1.807, 2.05) is 0 Å². The fourth-order valence-electron chi connectivity index (χ4n) is 0.380. The molecule has 0 radical (unpaired) electrons. The van der Waals surface area contributed by atoms with Gasteiger partial charge in [-0.1, -0.05) is 0 Å². The maximum Gasteiger partial charge on any atom is 0.389 e. The van der Waals surface area contributed by atoms with E-state index in [1.54, 1.807) is 0 Å². The van der Waals surface area contributed by atoms with Gasteiger partial charge >= 0.3 is 24.3 Å².